The Labute approximate surface area is 120 Å². The van der Waals surface area contributed by atoms with Crippen molar-refractivity contribution < 1.29 is 0 Å². The van der Waals surface area contributed by atoms with E-state index in [1.165, 1.54) is 0 Å². The van der Waals surface area contributed by atoms with Crippen LogP contribution >= 0.6 is 0 Å². The van der Waals surface area contributed by atoms with Crippen LogP contribution < -0.4 is 5.56 Å². The summed E-state index contributed by atoms with van der Waals surface area (Å²) in [5.74, 6) is 0.627. The van der Waals surface area contributed by atoms with Crippen LogP contribution in [0.1, 0.15) is 5.56 Å². The third kappa shape index (κ3) is 1.69. The smallest absolute Gasteiger partial charge is 0.267 e. The highest BCUT2D eigenvalue weighted by molar-refractivity contribution is 5.80. The van der Waals surface area contributed by atoms with Crippen LogP contribution in [0.4, 0.5) is 0 Å². The van der Waals surface area contributed by atoms with Gasteiger partial charge in [0.1, 0.15) is 0 Å². The van der Waals surface area contributed by atoms with Gasteiger partial charge in [0.25, 0.3) is 5.56 Å². The average Bonchev–Trinajstić information content (AvgIpc) is 2.99. The van der Waals surface area contributed by atoms with Gasteiger partial charge in [-0.15, -0.1) is 0 Å². The molecule has 2 heterocycles. The minimum atomic E-state index is -0.0480. The van der Waals surface area contributed by atoms with Crippen LogP contribution in [-0.4, -0.2) is 14.0 Å². The number of hydrogen-bond acceptors (Lipinski definition) is 2. The Kier molecular flexibility index (Phi) is 2.44. The number of imidazole rings is 1. The molecule has 0 atom stereocenters. The van der Waals surface area contributed by atoms with Crippen molar-refractivity contribution in [2.75, 3.05) is 0 Å². The van der Waals surface area contributed by atoms with Gasteiger partial charge in [-0.1, -0.05) is 29.8 Å². The highest BCUT2D eigenvalue weighted by Crippen LogP contribution is 2.16. The van der Waals surface area contributed by atoms with Gasteiger partial charge in [0.15, 0.2) is 0 Å². The highest BCUT2D eigenvalue weighted by atomic mass is 16.1. The van der Waals surface area contributed by atoms with Crippen molar-refractivity contribution in [1.82, 2.24) is 14.0 Å². The van der Waals surface area contributed by atoms with Crippen molar-refractivity contribution in [3.8, 4) is 5.69 Å². The Bertz CT molecular complexity index is 1010. The number of para-hydroxylation sites is 1. The maximum Gasteiger partial charge on any atom is 0.267 e. The van der Waals surface area contributed by atoms with Crippen LogP contribution in [0.5, 0.6) is 0 Å². The van der Waals surface area contributed by atoms with E-state index in [0.717, 1.165) is 16.8 Å². The summed E-state index contributed by atoms with van der Waals surface area (Å²) < 4.78 is 3.60. The summed E-state index contributed by atoms with van der Waals surface area (Å²) in [6, 6.07) is 15.5. The zero-order valence-electron chi connectivity index (χ0n) is 11.5. The molecule has 21 heavy (non-hydrogen) atoms. The fraction of sp³-hybridized carbons (Fsp3) is 0.0588. The number of hydrogen-bond donors (Lipinski definition) is 0. The van der Waals surface area contributed by atoms with Gasteiger partial charge >= 0.3 is 0 Å². The second kappa shape index (κ2) is 4.31. The lowest BCUT2D eigenvalue weighted by atomic mass is 10.2. The third-order valence-corrected chi connectivity index (χ3v) is 3.71. The summed E-state index contributed by atoms with van der Waals surface area (Å²) in [6.45, 7) is 2.03. The first-order valence-corrected chi connectivity index (χ1v) is 6.79. The lowest BCUT2D eigenvalue weighted by Gasteiger charge is -2.10. The molecule has 0 unspecified atom stereocenters. The van der Waals surface area contributed by atoms with E-state index in [0.29, 0.717) is 11.2 Å². The second-order valence-corrected chi connectivity index (χ2v) is 5.09. The molecule has 0 bridgehead atoms. The lowest BCUT2D eigenvalue weighted by molar-refractivity contribution is 0.975. The minimum absolute atomic E-state index is 0.0480. The number of rotatable bonds is 1. The molecule has 4 aromatic rings. The van der Waals surface area contributed by atoms with Crippen LogP contribution in [0.15, 0.2) is 65.7 Å². The molecule has 0 radical (unpaired) electrons. The molecular weight excluding hydrogens is 262 g/mol. The Morgan fingerprint density at radius 3 is 2.57 bits per heavy atom. The topological polar surface area (TPSA) is 39.3 Å². The molecule has 0 N–H and O–H groups in total. The quantitative estimate of drug-likeness (QED) is 0.536. The van der Waals surface area contributed by atoms with Crippen molar-refractivity contribution in [3.63, 3.8) is 0 Å². The molecule has 0 saturated carbocycles. The van der Waals surface area contributed by atoms with E-state index in [-0.39, 0.29) is 5.56 Å². The van der Waals surface area contributed by atoms with Crippen molar-refractivity contribution >= 4 is 16.7 Å². The average molecular weight is 275 g/mol. The maximum atomic E-state index is 12.8. The van der Waals surface area contributed by atoms with Gasteiger partial charge in [-0.05, 0) is 31.2 Å². The van der Waals surface area contributed by atoms with Crippen molar-refractivity contribution in [2.45, 2.75) is 6.92 Å². The van der Waals surface area contributed by atoms with E-state index < -0.39 is 0 Å². The lowest BCUT2D eigenvalue weighted by Crippen LogP contribution is -2.21. The zero-order chi connectivity index (χ0) is 14.4. The number of aromatic nitrogens is 3. The van der Waals surface area contributed by atoms with E-state index in [1.54, 1.807) is 10.8 Å². The first-order valence-electron chi connectivity index (χ1n) is 6.79. The molecule has 0 fully saturated rings. The predicted octanol–water partition coefficient (Wildman–Crippen LogP) is 2.95. The molecule has 0 saturated heterocycles. The Morgan fingerprint density at radius 1 is 1.00 bits per heavy atom. The number of aryl methyl sites for hydroxylation is 1. The van der Waals surface area contributed by atoms with Gasteiger partial charge < -0.3 is 0 Å². The van der Waals surface area contributed by atoms with E-state index in [2.05, 4.69) is 4.98 Å². The van der Waals surface area contributed by atoms with E-state index in [4.69, 9.17) is 0 Å². The summed E-state index contributed by atoms with van der Waals surface area (Å²) in [5, 5.41) is 0.684. The zero-order valence-corrected chi connectivity index (χ0v) is 11.5. The molecule has 0 spiro atoms. The molecule has 2 aromatic carbocycles. The SMILES string of the molecule is Cc1ccc(-n2c(=O)c3ccccc3n3ccnc23)cc1. The highest BCUT2D eigenvalue weighted by Gasteiger charge is 2.12. The van der Waals surface area contributed by atoms with Crippen molar-refractivity contribution in [2.24, 2.45) is 0 Å². The monoisotopic (exact) mass is 275 g/mol. The summed E-state index contributed by atoms with van der Waals surface area (Å²) >= 11 is 0. The van der Waals surface area contributed by atoms with Gasteiger partial charge in [-0.25, -0.2) is 9.55 Å². The van der Waals surface area contributed by atoms with Gasteiger partial charge in [-0.3, -0.25) is 9.20 Å². The Hall–Kier alpha value is -2.88. The van der Waals surface area contributed by atoms with Crippen molar-refractivity contribution in [3.05, 3.63) is 76.8 Å². The fourth-order valence-electron chi connectivity index (χ4n) is 2.65. The molecule has 4 nitrogen and oxygen atoms in total. The van der Waals surface area contributed by atoms with E-state index in [1.807, 2.05) is 66.1 Å². The third-order valence-electron chi connectivity index (χ3n) is 3.71. The number of benzene rings is 2. The predicted molar refractivity (Wildman–Crippen MR) is 83.0 cm³/mol. The second-order valence-electron chi connectivity index (χ2n) is 5.09. The largest absolute Gasteiger partial charge is 0.285 e. The van der Waals surface area contributed by atoms with Gasteiger partial charge in [-0.2, -0.15) is 0 Å². The summed E-state index contributed by atoms with van der Waals surface area (Å²) in [4.78, 5) is 17.2. The van der Waals surface area contributed by atoms with Gasteiger partial charge in [0.05, 0.1) is 16.6 Å². The first kappa shape index (κ1) is 11.9. The summed E-state index contributed by atoms with van der Waals surface area (Å²) in [6.07, 6.45) is 3.59. The standard InChI is InChI=1S/C17H13N3O/c1-12-6-8-13(9-7-12)20-16(21)14-4-2-3-5-15(14)19-11-10-18-17(19)20/h2-11H,1H3. The van der Waals surface area contributed by atoms with E-state index >= 15 is 0 Å². The normalized spacial score (nSPS) is 11.3. The van der Waals surface area contributed by atoms with Crippen LogP contribution in [0.2, 0.25) is 0 Å². The van der Waals surface area contributed by atoms with Crippen molar-refractivity contribution in [1.29, 1.82) is 0 Å². The Balaban J connectivity index is 2.21. The van der Waals surface area contributed by atoms with Gasteiger partial charge in [0, 0.05) is 12.4 Å². The van der Waals surface area contributed by atoms with Crippen LogP contribution in [0, 0.1) is 6.92 Å². The maximum absolute atomic E-state index is 12.8. The van der Waals surface area contributed by atoms with Crippen LogP contribution in [0.25, 0.3) is 22.4 Å². The number of nitrogens with zero attached hydrogens (tertiary/aromatic N) is 3. The van der Waals surface area contributed by atoms with Crippen LogP contribution in [-0.2, 0) is 0 Å². The Morgan fingerprint density at radius 2 is 1.76 bits per heavy atom. The molecule has 102 valence electrons. The molecular formula is C17H13N3O. The van der Waals surface area contributed by atoms with E-state index in [9.17, 15) is 4.79 Å². The number of fused-ring (bicyclic) bond motifs is 3. The summed E-state index contributed by atoms with van der Waals surface area (Å²) in [5.41, 5.74) is 2.81. The molecule has 0 amide bonds. The van der Waals surface area contributed by atoms with Gasteiger partial charge in [0.2, 0.25) is 5.78 Å². The summed E-state index contributed by atoms with van der Waals surface area (Å²) in [7, 11) is 0. The molecule has 0 aliphatic rings. The molecule has 4 rings (SSSR count). The first-order chi connectivity index (χ1) is 10.3. The van der Waals surface area contributed by atoms with Crippen LogP contribution in [0.3, 0.4) is 0 Å². The minimum Gasteiger partial charge on any atom is -0.285 e. The molecule has 0 aliphatic carbocycles. The molecule has 2 aromatic heterocycles. The fourth-order valence-corrected chi connectivity index (χ4v) is 2.65. The molecule has 4 heteroatoms. The molecule has 0 aliphatic heterocycles.